The molecule has 0 radical (unpaired) electrons. The number of nitrogens with zero attached hydrogens (tertiary/aromatic N) is 4. The molecule has 0 saturated carbocycles. The number of benzene rings is 2. The number of aromatic nitrogens is 3. The van der Waals surface area contributed by atoms with Crippen LogP contribution in [-0.2, 0) is 9.59 Å². The maximum atomic E-state index is 12.5. The fraction of sp³-hybridized carbons (Fsp3) is 0.238. The Morgan fingerprint density at radius 2 is 2.00 bits per heavy atom. The van der Waals surface area contributed by atoms with Gasteiger partial charge in [0.05, 0.1) is 23.6 Å². The molecule has 160 valence electrons. The summed E-state index contributed by atoms with van der Waals surface area (Å²) >= 11 is 7.51. The van der Waals surface area contributed by atoms with Crippen LogP contribution in [0.2, 0.25) is 5.02 Å². The predicted molar refractivity (Wildman–Crippen MR) is 120 cm³/mol. The molecule has 8 nitrogen and oxygen atoms in total. The molecule has 0 unspecified atom stereocenters. The second kappa shape index (κ2) is 9.40. The molecule has 10 heteroatoms. The van der Waals surface area contributed by atoms with Gasteiger partial charge in [0, 0.05) is 24.3 Å². The minimum atomic E-state index is -0.235. The van der Waals surface area contributed by atoms with E-state index in [0.29, 0.717) is 28.8 Å². The molecule has 2 heterocycles. The third-order valence-corrected chi connectivity index (χ3v) is 6.08. The lowest BCUT2D eigenvalue weighted by molar-refractivity contribution is -0.117. The van der Waals surface area contributed by atoms with E-state index in [1.165, 1.54) is 11.8 Å². The van der Waals surface area contributed by atoms with Crippen molar-refractivity contribution in [3.63, 3.8) is 0 Å². The Bertz CT molecular complexity index is 1100. The summed E-state index contributed by atoms with van der Waals surface area (Å²) in [6, 6.07) is 12.7. The number of thioether (sulfide) groups is 1. The molecule has 1 N–H and O–H groups in total. The van der Waals surface area contributed by atoms with Crippen molar-refractivity contribution in [1.29, 1.82) is 0 Å². The second-order valence-corrected chi connectivity index (χ2v) is 8.18. The zero-order valence-electron chi connectivity index (χ0n) is 16.7. The first-order chi connectivity index (χ1) is 15.0. The molecule has 0 spiro atoms. The van der Waals surface area contributed by atoms with E-state index in [2.05, 4.69) is 15.5 Å². The van der Waals surface area contributed by atoms with Gasteiger partial charge in [0.1, 0.15) is 12.1 Å². The van der Waals surface area contributed by atoms with Gasteiger partial charge in [0.2, 0.25) is 11.8 Å². The lowest BCUT2D eigenvalue weighted by Gasteiger charge is -2.17. The van der Waals surface area contributed by atoms with Gasteiger partial charge in [0.25, 0.3) is 0 Å². The summed E-state index contributed by atoms with van der Waals surface area (Å²) in [6.07, 6.45) is 2.96. The number of rotatable bonds is 7. The van der Waals surface area contributed by atoms with Gasteiger partial charge in [-0.25, -0.2) is 0 Å². The van der Waals surface area contributed by atoms with E-state index in [1.54, 1.807) is 41.1 Å². The Morgan fingerprint density at radius 3 is 2.71 bits per heavy atom. The van der Waals surface area contributed by atoms with E-state index in [4.69, 9.17) is 16.3 Å². The maximum Gasteiger partial charge on any atom is 0.234 e. The minimum absolute atomic E-state index is 0.0769. The van der Waals surface area contributed by atoms with Crippen LogP contribution in [0.25, 0.3) is 5.69 Å². The number of hydrogen-bond acceptors (Lipinski definition) is 6. The third-order valence-electron chi connectivity index (χ3n) is 4.81. The van der Waals surface area contributed by atoms with Gasteiger partial charge in [-0.2, -0.15) is 0 Å². The smallest absolute Gasteiger partial charge is 0.234 e. The number of anilines is 2. The lowest BCUT2D eigenvalue weighted by atomic mass is 10.2. The summed E-state index contributed by atoms with van der Waals surface area (Å²) in [5.74, 6) is 0.715. The number of methoxy groups -OCH3 is 1. The number of amides is 2. The molecule has 2 aromatic carbocycles. The van der Waals surface area contributed by atoms with Crippen molar-refractivity contribution in [2.24, 2.45) is 0 Å². The van der Waals surface area contributed by atoms with Crippen LogP contribution < -0.4 is 15.0 Å². The van der Waals surface area contributed by atoms with Gasteiger partial charge in [-0.3, -0.25) is 14.2 Å². The Morgan fingerprint density at radius 1 is 1.23 bits per heavy atom. The highest BCUT2D eigenvalue weighted by molar-refractivity contribution is 7.99. The van der Waals surface area contributed by atoms with Gasteiger partial charge in [-0.1, -0.05) is 23.4 Å². The molecular weight excluding hydrogens is 438 g/mol. The van der Waals surface area contributed by atoms with Crippen molar-refractivity contribution in [2.45, 2.75) is 18.0 Å². The number of halogens is 1. The minimum Gasteiger partial charge on any atom is -0.497 e. The van der Waals surface area contributed by atoms with E-state index in [9.17, 15) is 9.59 Å². The van der Waals surface area contributed by atoms with Crippen LogP contribution in [0.15, 0.2) is 53.9 Å². The van der Waals surface area contributed by atoms with Gasteiger partial charge in [-0.05, 0) is 48.9 Å². The molecule has 3 aromatic rings. The number of carbonyl (C=O) groups is 2. The summed E-state index contributed by atoms with van der Waals surface area (Å²) in [5.41, 5.74) is 2.06. The molecule has 1 aromatic heterocycles. The maximum absolute atomic E-state index is 12.5. The zero-order valence-corrected chi connectivity index (χ0v) is 18.3. The largest absolute Gasteiger partial charge is 0.497 e. The lowest BCUT2D eigenvalue weighted by Crippen LogP contribution is -2.24. The molecule has 0 bridgehead atoms. The quantitative estimate of drug-likeness (QED) is 0.543. The van der Waals surface area contributed by atoms with Crippen LogP contribution in [0.3, 0.4) is 0 Å². The van der Waals surface area contributed by atoms with E-state index in [1.807, 2.05) is 24.3 Å². The van der Waals surface area contributed by atoms with Crippen molar-refractivity contribution in [1.82, 2.24) is 14.8 Å². The Hall–Kier alpha value is -3.04. The highest BCUT2D eigenvalue weighted by Gasteiger charge is 2.22. The molecule has 2 amide bonds. The molecule has 31 heavy (non-hydrogen) atoms. The average molecular weight is 458 g/mol. The molecule has 1 aliphatic heterocycles. The summed E-state index contributed by atoms with van der Waals surface area (Å²) in [5, 5.41) is 11.9. The van der Waals surface area contributed by atoms with Crippen molar-refractivity contribution in [2.75, 3.05) is 29.6 Å². The number of carbonyl (C=O) groups excluding carboxylic acids is 2. The first kappa shape index (κ1) is 21.2. The van der Waals surface area contributed by atoms with Gasteiger partial charge in [0.15, 0.2) is 5.16 Å². The number of nitrogens with one attached hydrogen (secondary N) is 1. The summed E-state index contributed by atoms with van der Waals surface area (Å²) in [4.78, 5) is 26.2. The summed E-state index contributed by atoms with van der Waals surface area (Å²) < 4.78 is 6.97. The topological polar surface area (TPSA) is 89.3 Å². The third kappa shape index (κ3) is 4.83. The van der Waals surface area contributed by atoms with Crippen molar-refractivity contribution >= 4 is 46.6 Å². The Balaban J connectivity index is 1.41. The normalized spacial score (nSPS) is 13.5. The van der Waals surface area contributed by atoms with E-state index < -0.39 is 0 Å². The molecule has 4 rings (SSSR count). The monoisotopic (exact) mass is 457 g/mol. The molecule has 1 aliphatic rings. The molecule has 1 fully saturated rings. The Labute approximate surface area is 188 Å². The Kier molecular flexibility index (Phi) is 6.43. The van der Waals surface area contributed by atoms with Gasteiger partial charge >= 0.3 is 0 Å². The van der Waals surface area contributed by atoms with Crippen LogP contribution in [0.4, 0.5) is 11.4 Å². The summed E-state index contributed by atoms with van der Waals surface area (Å²) in [6.45, 7) is 0.671. The highest BCUT2D eigenvalue weighted by atomic mass is 35.5. The van der Waals surface area contributed by atoms with Crippen molar-refractivity contribution < 1.29 is 14.3 Å². The fourth-order valence-corrected chi connectivity index (χ4v) is 4.15. The van der Waals surface area contributed by atoms with Crippen LogP contribution in [0.1, 0.15) is 12.8 Å². The first-order valence-electron chi connectivity index (χ1n) is 9.62. The van der Waals surface area contributed by atoms with Gasteiger partial charge in [-0.15, -0.1) is 10.2 Å². The predicted octanol–water partition coefficient (Wildman–Crippen LogP) is 3.79. The van der Waals surface area contributed by atoms with Crippen LogP contribution in [-0.4, -0.2) is 46.0 Å². The number of hydrogen-bond donors (Lipinski definition) is 1. The van der Waals surface area contributed by atoms with Crippen LogP contribution in [0, 0.1) is 0 Å². The molecular formula is C21H20ClN5O3S. The zero-order chi connectivity index (χ0) is 21.8. The first-order valence-corrected chi connectivity index (χ1v) is 11.0. The van der Waals surface area contributed by atoms with Gasteiger partial charge < -0.3 is 15.0 Å². The fourth-order valence-electron chi connectivity index (χ4n) is 3.26. The van der Waals surface area contributed by atoms with E-state index >= 15 is 0 Å². The molecule has 0 atom stereocenters. The highest BCUT2D eigenvalue weighted by Crippen LogP contribution is 2.30. The van der Waals surface area contributed by atoms with Crippen molar-refractivity contribution in [3.05, 3.63) is 53.8 Å². The van der Waals surface area contributed by atoms with Crippen LogP contribution in [0.5, 0.6) is 5.75 Å². The molecule has 1 saturated heterocycles. The SMILES string of the molecule is COc1ccc(-n2cnnc2SCC(=O)Nc2cc(N3CCCC3=O)ccc2Cl)cc1. The number of ether oxygens (including phenoxy) is 1. The van der Waals surface area contributed by atoms with E-state index in [0.717, 1.165) is 23.5 Å². The van der Waals surface area contributed by atoms with Crippen LogP contribution >= 0.6 is 23.4 Å². The molecule has 0 aliphatic carbocycles. The average Bonchev–Trinajstić information content (AvgIpc) is 3.43. The summed E-state index contributed by atoms with van der Waals surface area (Å²) in [7, 11) is 1.61. The second-order valence-electron chi connectivity index (χ2n) is 6.83. The van der Waals surface area contributed by atoms with E-state index in [-0.39, 0.29) is 17.6 Å². The van der Waals surface area contributed by atoms with Crippen molar-refractivity contribution in [3.8, 4) is 11.4 Å². The standard InChI is InChI=1S/C21H20ClN5O3S/c1-30-16-7-4-14(5-8-16)27-13-23-25-21(27)31-12-19(28)24-18-11-15(6-9-17(18)22)26-10-2-3-20(26)29/h4-9,11,13H,2-3,10,12H2,1H3,(H,24,28).